The van der Waals surface area contributed by atoms with Crippen molar-refractivity contribution >= 4 is 11.0 Å². The van der Waals surface area contributed by atoms with E-state index in [4.69, 9.17) is 4.42 Å². The Morgan fingerprint density at radius 1 is 1.05 bits per heavy atom. The standard InChI is InChI=1S/C19H18O3/c1-2-3-8-13-11-7-12-15-16(13)17(20)18(21)19(22-15)14-9-5-4-6-10-14/h4-7,9-12,21H,2-3,8H2,1H3. The highest BCUT2D eigenvalue weighted by Crippen LogP contribution is 2.31. The van der Waals surface area contributed by atoms with Crippen molar-refractivity contribution in [3.05, 3.63) is 64.3 Å². The van der Waals surface area contributed by atoms with Crippen LogP contribution in [0.2, 0.25) is 0 Å². The third-order valence-electron chi connectivity index (χ3n) is 3.82. The molecule has 1 heterocycles. The molecule has 3 nitrogen and oxygen atoms in total. The number of rotatable bonds is 4. The van der Waals surface area contributed by atoms with Crippen molar-refractivity contribution < 1.29 is 9.52 Å². The Hall–Kier alpha value is -2.55. The van der Waals surface area contributed by atoms with Gasteiger partial charge in [0.2, 0.25) is 11.2 Å². The molecule has 112 valence electrons. The van der Waals surface area contributed by atoms with Gasteiger partial charge in [-0.1, -0.05) is 55.8 Å². The fourth-order valence-corrected chi connectivity index (χ4v) is 2.66. The Balaban J connectivity index is 2.24. The van der Waals surface area contributed by atoms with Gasteiger partial charge in [0.25, 0.3) is 0 Å². The van der Waals surface area contributed by atoms with Crippen LogP contribution in [0.5, 0.6) is 5.75 Å². The minimum Gasteiger partial charge on any atom is -0.502 e. The number of unbranched alkanes of at least 4 members (excludes halogenated alkanes) is 1. The van der Waals surface area contributed by atoms with Crippen LogP contribution in [0.3, 0.4) is 0 Å². The van der Waals surface area contributed by atoms with E-state index in [1.807, 2.05) is 42.5 Å². The molecule has 0 fully saturated rings. The van der Waals surface area contributed by atoms with E-state index in [2.05, 4.69) is 6.92 Å². The highest BCUT2D eigenvalue weighted by molar-refractivity contribution is 5.84. The van der Waals surface area contributed by atoms with Crippen molar-refractivity contribution in [3.63, 3.8) is 0 Å². The fraction of sp³-hybridized carbons (Fsp3) is 0.211. The van der Waals surface area contributed by atoms with Crippen molar-refractivity contribution in [1.29, 1.82) is 0 Å². The van der Waals surface area contributed by atoms with Crippen molar-refractivity contribution in [2.75, 3.05) is 0 Å². The Kier molecular flexibility index (Phi) is 3.96. The minimum atomic E-state index is -0.355. The number of benzene rings is 2. The van der Waals surface area contributed by atoms with Crippen LogP contribution in [0, 0.1) is 0 Å². The largest absolute Gasteiger partial charge is 0.502 e. The highest BCUT2D eigenvalue weighted by Gasteiger charge is 2.17. The average Bonchev–Trinajstić information content (AvgIpc) is 2.56. The summed E-state index contributed by atoms with van der Waals surface area (Å²) in [7, 11) is 0. The highest BCUT2D eigenvalue weighted by atomic mass is 16.4. The Morgan fingerprint density at radius 2 is 1.82 bits per heavy atom. The molecule has 0 saturated heterocycles. The maximum Gasteiger partial charge on any atom is 0.235 e. The van der Waals surface area contributed by atoms with Gasteiger partial charge in [-0.05, 0) is 24.5 Å². The summed E-state index contributed by atoms with van der Waals surface area (Å²) < 4.78 is 5.83. The molecule has 3 aromatic rings. The smallest absolute Gasteiger partial charge is 0.235 e. The normalized spacial score (nSPS) is 11.0. The summed E-state index contributed by atoms with van der Waals surface area (Å²) in [6, 6.07) is 14.8. The molecule has 22 heavy (non-hydrogen) atoms. The summed E-state index contributed by atoms with van der Waals surface area (Å²) in [6.07, 6.45) is 2.86. The van der Waals surface area contributed by atoms with Gasteiger partial charge in [-0.15, -0.1) is 0 Å². The van der Waals surface area contributed by atoms with Gasteiger partial charge >= 0.3 is 0 Å². The quantitative estimate of drug-likeness (QED) is 0.770. The molecule has 0 aliphatic carbocycles. The molecule has 1 aromatic heterocycles. The monoisotopic (exact) mass is 294 g/mol. The molecule has 0 radical (unpaired) electrons. The van der Waals surface area contributed by atoms with Gasteiger partial charge in [0.15, 0.2) is 5.76 Å². The summed E-state index contributed by atoms with van der Waals surface area (Å²) in [6.45, 7) is 2.11. The number of hydrogen-bond acceptors (Lipinski definition) is 3. The summed E-state index contributed by atoms with van der Waals surface area (Å²) in [4.78, 5) is 12.6. The molecular weight excluding hydrogens is 276 g/mol. The van der Waals surface area contributed by atoms with Gasteiger partial charge < -0.3 is 9.52 Å². The van der Waals surface area contributed by atoms with Gasteiger partial charge in [0.05, 0.1) is 5.39 Å². The third-order valence-corrected chi connectivity index (χ3v) is 3.82. The predicted octanol–water partition coefficient (Wildman–Crippen LogP) is 4.51. The Bertz CT molecular complexity index is 848. The summed E-state index contributed by atoms with van der Waals surface area (Å²) in [5.74, 6) is -0.0895. The predicted molar refractivity (Wildman–Crippen MR) is 88.2 cm³/mol. The van der Waals surface area contributed by atoms with Crippen LogP contribution in [0.4, 0.5) is 0 Å². The lowest BCUT2D eigenvalue weighted by Gasteiger charge is -2.09. The van der Waals surface area contributed by atoms with E-state index in [1.54, 1.807) is 6.07 Å². The second-order valence-corrected chi connectivity index (χ2v) is 5.37. The van der Waals surface area contributed by atoms with Gasteiger partial charge in [-0.3, -0.25) is 4.79 Å². The molecule has 1 N–H and O–H groups in total. The Morgan fingerprint density at radius 3 is 2.55 bits per heavy atom. The fourth-order valence-electron chi connectivity index (χ4n) is 2.66. The zero-order valence-electron chi connectivity index (χ0n) is 12.5. The molecule has 0 spiro atoms. The maximum atomic E-state index is 12.6. The van der Waals surface area contributed by atoms with Crippen LogP contribution < -0.4 is 5.43 Å². The van der Waals surface area contributed by atoms with Gasteiger partial charge in [-0.2, -0.15) is 0 Å². The van der Waals surface area contributed by atoms with Gasteiger partial charge in [-0.25, -0.2) is 0 Å². The number of fused-ring (bicyclic) bond motifs is 1. The molecule has 0 saturated carbocycles. The van der Waals surface area contributed by atoms with Crippen LogP contribution >= 0.6 is 0 Å². The lowest BCUT2D eigenvalue weighted by molar-refractivity contribution is 0.449. The zero-order valence-corrected chi connectivity index (χ0v) is 12.5. The van der Waals surface area contributed by atoms with E-state index >= 15 is 0 Å². The second kappa shape index (κ2) is 6.06. The van der Waals surface area contributed by atoms with Crippen molar-refractivity contribution in [1.82, 2.24) is 0 Å². The summed E-state index contributed by atoms with van der Waals surface area (Å²) in [5, 5.41) is 10.8. The van der Waals surface area contributed by atoms with E-state index in [1.165, 1.54) is 0 Å². The topological polar surface area (TPSA) is 50.4 Å². The molecule has 0 unspecified atom stereocenters. The number of aromatic hydroxyl groups is 1. The summed E-state index contributed by atoms with van der Waals surface area (Å²) in [5.41, 5.74) is 1.79. The van der Waals surface area contributed by atoms with Crippen molar-refractivity contribution in [2.45, 2.75) is 26.2 Å². The summed E-state index contributed by atoms with van der Waals surface area (Å²) >= 11 is 0. The first-order valence-electron chi connectivity index (χ1n) is 7.55. The maximum absolute atomic E-state index is 12.6. The first-order chi connectivity index (χ1) is 10.7. The first-order valence-corrected chi connectivity index (χ1v) is 7.55. The van der Waals surface area contributed by atoms with Crippen LogP contribution in [0.1, 0.15) is 25.3 Å². The van der Waals surface area contributed by atoms with Crippen LogP contribution in [-0.4, -0.2) is 5.11 Å². The average molecular weight is 294 g/mol. The number of hydrogen-bond donors (Lipinski definition) is 1. The Labute approximate surface area is 128 Å². The van der Waals surface area contributed by atoms with Crippen molar-refractivity contribution in [2.24, 2.45) is 0 Å². The third kappa shape index (κ3) is 2.50. The minimum absolute atomic E-state index is 0.228. The molecule has 0 aliphatic heterocycles. The molecule has 2 aromatic carbocycles. The van der Waals surface area contributed by atoms with E-state index in [9.17, 15) is 9.90 Å². The van der Waals surface area contributed by atoms with Crippen molar-refractivity contribution in [3.8, 4) is 17.1 Å². The van der Waals surface area contributed by atoms with Gasteiger partial charge in [0, 0.05) is 5.56 Å². The van der Waals surface area contributed by atoms with E-state index < -0.39 is 0 Å². The second-order valence-electron chi connectivity index (χ2n) is 5.37. The first kappa shape index (κ1) is 14.4. The van der Waals surface area contributed by atoms with E-state index in [-0.39, 0.29) is 16.9 Å². The molecule has 3 rings (SSSR count). The van der Waals surface area contributed by atoms with Crippen LogP contribution in [0.25, 0.3) is 22.3 Å². The molecular formula is C19H18O3. The molecule has 0 aliphatic rings. The number of aryl methyl sites for hydroxylation is 1. The SMILES string of the molecule is CCCCc1cccc2oc(-c3ccccc3)c(O)c(=O)c12. The molecule has 3 heteroatoms. The molecule has 0 bridgehead atoms. The lowest BCUT2D eigenvalue weighted by atomic mass is 10.0. The van der Waals surface area contributed by atoms with Crippen LogP contribution in [0.15, 0.2) is 57.7 Å². The zero-order chi connectivity index (χ0) is 15.5. The van der Waals surface area contributed by atoms with Gasteiger partial charge in [0.1, 0.15) is 5.58 Å². The van der Waals surface area contributed by atoms with Crippen LogP contribution in [-0.2, 0) is 6.42 Å². The molecule has 0 amide bonds. The van der Waals surface area contributed by atoms with E-state index in [0.29, 0.717) is 16.5 Å². The lowest BCUT2D eigenvalue weighted by Crippen LogP contribution is -2.05. The van der Waals surface area contributed by atoms with E-state index in [0.717, 1.165) is 24.8 Å². The molecule has 0 atom stereocenters.